The second-order valence-electron chi connectivity index (χ2n) is 7.82. The van der Waals surface area contributed by atoms with Gasteiger partial charge in [0.15, 0.2) is 5.96 Å². The van der Waals surface area contributed by atoms with Crippen LogP contribution in [-0.4, -0.2) is 74.8 Å². The Bertz CT molecular complexity index is 382. The van der Waals surface area contributed by atoms with Crippen molar-refractivity contribution in [1.82, 2.24) is 15.1 Å². The summed E-state index contributed by atoms with van der Waals surface area (Å²) in [4.78, 5) is 9.74. The second-order valence-corrected chi connectivity index (χ2v) is 7.82. The van der Waals surface area contributed by atoms with Gasteiger partial charge >= 0.3 is 0 Å². The molecule has 2 fully saturated rings. The van der Waals surface area contributed by atoms with Crippen molar-refractivity contribution in [2.45, 2.75) is 52.5 Å². The molecule has 5 nitrogen and oxygen atoms in total. The Hall–Kier alpha value is -0.810. The third kappa shape index (κ3) is 6.98. The number of likely N-dealkylation sites (N-methyl/N-ethyl adjacent to an activating group) is 1. The van der Waals surface area contributed by atoms with Crippen molar-refractivity contribution in [1.29, 1.82) is 0 Å². The normalized spacial score (nSPS) is 22.4. The molecule has 1 aliphatic heterocycles. The summed E-state index contributed by atoms with van der Waals surface area (Å²) in [6.45, 7) is 13.6. The molecule has 1 atom stereocenters. The van der Waals surface area contributed by atoms with Crippen LogP contribution in [0.4, 0.5) is 0 Å². The largest absolute Gasteiger partial charge is 0.379 e. The maximum atomic E-state index is 5.76. The van der Waals surface area contributed by atoms with Crippen molar-refractivity contribution < 1.29 is 4.74 Å². The van der Waals surface area contributed by atoms with E-state index in [4.69, 9.17) is 9.73 Å². The Morgan fingerprint density at radius 3 is 2.79 bits per heavy atom. The van der Waals surface area contributed by atoms with E-state index in [9.17, 15) is 0 Å². The fourth-order valence-corrected chi connectivity index (χ4v) is 3.31. The third-order valence-corrected chi connectivity index (χ3v) is 4.87. The summed E-state index contributed by atoms with van der Waals surface area (Å²) in [6.07, 6.45) is 5.31. The van der Waals surface area contributed by atoms with Crippen LogP contribution in [0.1, 0.15) is 46.5 Å². The highest BCUT2D eigenvalue weighted by atomic mass is 16.5. The van der Waals surface area contributed by atoms with Gasteiger partial charge in [-0.3, -0.25) is 9.89 Å². The van der Waals surface area contributed by atoms with Crippen molar-refractivity contribution in [3.63, 3.8) is 0 Å². The lowest BCUT2D eigenvalue weighted by atomic mass is 10.2. The summed E-state index contributed by atoms with van der Waals surface area (Å²) >= 11 is 0. The monoisotopic (exact) mass is 338 g/mol. The van der Waals surface area contributed by atoms with Gasteiger partial charge < -0.3 is 15.0 Å². The highest BCUT2D eigenvalue weighted by molar-refractivity contribution is 5.79. The SMILES string of the molecule is CCNC(=NC[C@H]1CCCN1CC(C)C)N(C)CCOCC1CC1. The van der Waals surface area contributed by atoms with Crippen LogP contribution in [0.15, 0.2) is 4.99 Å². The van der Waals surface area contributed by atoms with Crippen LogP contribution in [0.2, 0.25) is 0 Å². The summed E-state index contributed by atoms with van der Waals surface area (Å²) in [7, 11) is 2.11. The lowest BCUT2D eigenvalue weighted by Crippen LogP contribution is -2.42. The van der Waals surface area contributed by atoms with Crippen LogP contribution in [0.25, 0.3) is 0 Å². The minimum Gasteiger partial charge on any atom is -0.379 e. The number of aliphatic imine (C=N–C) groups is 1. The maximum absolute atomic E-state index is 5.76. The van der Waals surface area contributed by atoms with E-state index >= 15 is 0 Å². The molecular formula is C19H38N4O. The van der Waals surface area contributed by atoms with E-state index < -0.39 is 0 Å². The molecular weight excluding hydrogens is 300 g/mol. The number of ether oxygens (including phenoxy) is 1. The molecule has 1 saturated carbocycles. The minimum absolute atomic E-state index is 0.612. The first-order valence-corrected chi connectivity index (χ1v) is 9.91. The number of nitrogens with one attached hydrogen (secondary N) is 1. The first kappa shape index (κ1) is 19.5. The van der Waals surface area contributed by atoms with Crippen molar-refractivity contribution in [3.8, 4) is 0 Å². The van der Waals surface area contributed by atoms with Crippen LogP contribution < -0.4 is 5.32 Å². The van der Waals surface area contributed by atoms with Gasteiger partial charge in [0.2, 0.25) is 0 Å². The summed E-state index contributed by atoms with van der Waals surface area (Å²) in [5.74, 6) is 2.59. The molecule has 0 amide bonds. The smallest absolute Gasteiger partial charge is 0.193 e. The molecule has 1 heterocycles. The predicted molar refractivity (Wildman–Crippen MR) is 102 cm³/mol. The number of guanidine groups is 1. The summed E-state index contributed by atoms with van der Waals surface area (Å²) < 4.78 is 5.76. The van der Waals surface area contributed by atoms with Crippen molar-refractivity contribution in [2.24, 2.45) is 16.8 Å². The van der Waals surface area contributed by atoms with Gasteiger partial charge in [-0.1, -0.05) is 13.8 Å². The molecule has 0 aromatic heterocycles. The van der Waals surface area contributed by atoms with Gasteiger partial charge in [0.1, 0.15) is 0 Å². The van der Waals surface area contributed by atoms with E-state index in [1.54, 1.807) is 0 Å². The van der Waals surface area contributed by atoms with Crippen LogP contribution in [-0.2, 0) is 4.74 Å². The molecule has 0 aromatic carbocycles. The first-order chi connectivity index (χ1) is 11.6. The molecule has 140 valence electrons. The molecule has 1 aliphatic carbocycles. The van der Waals surface area contributed by atoms with E-state index in [1.165, 1.54) is 38.8 Å². The average Bonchev–Trinajstić information content (AvgIpc) is 3.27. The van der Waals surface area contributed by atoms with Gasteiger partial charge in [-0.25, -0.2) is 0 Å². The molecule has 24 heavy (non-hydrogen) atoms. The zero-order valence-electron chi connectivity index (χ0n) is 16.3. The maximum Gasteiger partial charge on any atom is 0.193 e. The first-order valence-electron chi connectivity index (χ1n) is 9.91. The van der Waals surface area contributed by atoms with Gasteiger partial charge in [-0.15, -0.1) is 0 Å². The molecule has 0 spiro atoms. The number of likely N-dealkylation sites (tertiary alicyclic amines) is 1. The Balaban J connectivity index is 1.77. The van der Waals surface area contributed by atoms with Crippen LogP contribution >= 0.6 is 0 Å². The van der Waals surface area contributed by atoms with Crippen molar-refractivity contribution >= 4 is 5.96 Å². The lowest BCUT2D eigenvalue weighted by Gasteiger charge is -2.26. The molecule has 0 radical (unpaired) electrons. The average molecular weight is 339 g/mol. The second kappa shape index (κ2) is 10.2. The number of hydrogen-bond donors (Lipinski definition) is 1. The van der Waals surface area contributed by atoms with E-state index in [2.05, 4.69) is 42.9 Å². The van der Waals surface area contributed by atoms with E-state index in [0.717, 1.165) is 50.6 Å². The number of hydrogen-bond acceptors (Lipinski definition) is 3. The van der Waals surface area contributed by atoms with Gasteiger partial charge in [0.05, 0.1) is 13.2 Å². The lowest BCUT2D eigenvalue weighted by molar-refractivity contribution is 0.115. The molecule has 1 N–H and O–H groups in total. The quantitative estimate of drug-likeness (QED) is 0.377. The third-order valence-electron chi connectivity index (χ3n) is 4.87. The molecule has 5 heteroatoms. The molecule has 0 bridgehead atoms. The zero-order valence-corrected chi connectivity index (χ0v) is 16.3. The fourth-order valence-electron chi connectivity index (χ4n) is 3.31. The van der Waals surface area contributed by atoms with Crippen molar-refractivity contribution in [2.75, 3.05) is 53.0 Å². The zero-order chi connectivity index (χ0) is 17.4. The Labute approximate surface area is 148 Å². The van der Waals surface area contributed by atoms with E-state index in [0.29, 0.717) is 6.04 Å². The van der Waals surface area contributed by atoms with E-state index in [-0.39, 0.29) is 0 Å². The summed E-state index contributed by atoms with van der Waals surface area (Å²) in [6, 6.07) is 0.612. The Kier molecular flexibility index (Phi) is 8.33. The van der Waals surface area contributed by atoms with E-state index in [1.807, 2.05) is 0 Å². The summed E-state index contributed by atoms with van der Waals surface area (Å²) in [5.41, 5.74) is 0. The highest BCUT2D eigenvalue weighted by Crippen LogP contribution is 2.28. The van der Waals surface area contributed by atoms with Crippen molar-refractivity contribution in [3.05, 3.63) is 0 Å². The fraction of sp³-hybridized carbons (Fsp3) is 0.947. The standard InChI is InChI=1S/C19H38N4O/c1-5-20-19(22(4)11-12-24-15-17-8-9-17)21-13-18-7-6-10-23(18)14-16(2)3/h16-18H,5-15H2,1-4H3,(H,20,21)/t18-/m1/s1. The predicted octanol–water partition coefficient (Wildman–Crippen LogP) is 2.43. The molecule has 2 aliphatic rings. The Morgan fingerprint density at radius 2 is 2.12 bits per heavy atom. The summed E-state index contributed by atoms with van der Waals surface area (Å²) in [5, 5.41) is 3.43. The van der Waals surface area contributed by atoms with Crippen LogP contribution in [0.5, 0.6) is 0 Å². The molecule has 0 unspecified atom stereocenters. The number of nitrogens with zero attached hydrogens (tertiary/aromatic N) is 3. The Morgan fingerprint density at radius 1 is 1.33 bits per heavy atom. The number of rotatable bonds is 10. The molecule has 0 aromatic rings. The van der Waals surface area contributed by atoms with Crippen LogP contribution in [0, 0.1) is 11.8 Å². The molecule has 1 saturated heterocycles. The molecule has 2 rings (SSSR count). The highest BCUT2D eigenvalue weighted by Gasteiger charge is 2.25. The van der Waals surface area contributed by atoms with Crippen LogP contribution in [0.3, 0.4) is 0 Å². The minimum atomic E-state index is 0.612. The van der Waals surface area contributed by atoms with Gasteiger partial charge in [-0.2, -0.15) is 0 Å². The van der Waals surface area contributed by atoms with Gasteiger partial charge in [0.25, 0.3) is 0 Å². The van der Waals surface area contributed by atoms with Gasteiger partial charge in [0, 0.05) is 39.3 Å². The topological polar surface area (TPSA) is 40.1 Å². The van der Waals surface area contributed by atoms with Gasteiger partial charge in [-0.05, 0) is 51.0 Å².